The molecule has 9 heavy (non-hydrogen) atoms. The molecule has 1 aliphatic rings. The highest BCUT2D eigenvalue weighted by atomic mass is 16.1. The summed E-state index contributed by atoms with van der Waals surface area (Å²) in [5, 5.41) is 0. The Labute approximate surface area is 52.8 Å². The van der Waals surface area contributed by atoms with Crippen LogP contribution in [0.3, 0.4) is 0 Å². The summed E-state index contributed by atoms with van der Waals surface area (Å²) in [6.45, 7) is 1.44. The Morgan fingerprint density at radius 3 is 2.89 bits per heavy atom. The maximum Gasteiger partial charge on any atom is 0.407 e. The maximum atomic E-state index is 10.5. The minimum absolute atomic E-state index is 0.101. The zero-order valence-electron chi connectivity index (χ0n) is 5.03. The molecule has 0 unspecified atom stereocenters. The molecule has 0 aromatic carbocycles. The van der Waals surface area contributed by atoms with Gasteiger partial charge >= 0.3 is 5.84 Å². The number of ketones is 1. The number of amidine groups is 1. The van der Waals surface area contributed by atoms with Crippen molar-refractivity contribution in [1.29, 1.82) is 0 Å². The van der Waals surface area contributed by atoms with Gasteiger partial charge in [-0.1, -0.05) is 0 Å². The number of carbonyl (C=O) groups excluding carboxylic acids is 1. The zero-order chi connectivity index (χ0) is 6.69. The van der Waals surface area contributed by atoms with Crippen LogP contribution < -0.4 is 4.99 Å². The molecule has 0 atom stereocenters. The second-order valence-corrected chi connectivity index (χ2v) is 1.63. The number of hydrogen-bond acceptors (Lipinski definition) is 3. The third-order valence-corrected chi connectivity index (χ3v) is 0.881. The summed E-state index contributed by atoms with van der Waals surface area (Å²) in [4.78, 5) is 18.0. The van der Waals surface area contributed by atoms with Crippen molar-refractivity contribution in [2.75, 3.05) is 0 Å². The van der Waals surface area contributed by atoms with Crippen molar-refractivity contribution < 1.29 is 4.79 Å². The number of aliphatic imine (C=N–C) groups is 2. The first-order valence-corrected chi connectivity index (χ1v) is 2.58. The third kappa shape index (κ3) is 1.32. The molecule has 0 N–H and O–H groups in total. The van der Waals surface area contributed by atoms with Crippen molar-refractivity contribution in [2.45, 2.75) is 6.92 Å². The number of allylic oxidation sites excluding steroid dienone is 1. The molecule has 3 heteroatoms. The number of carbonyl (C=O) groups is 1. The normalized spacial score (nSPS) is 15.4. The average Bonchev–Trinajstić information content (AvgIpc) is 1.90. The van der Waals surface area contributed by atoms with Gasteiger partial charge in [-0.2, -0.15) is 0 Å². The van der Waals surface area contributed by atoms with Gasteiger partial charge in [0.15, 0.2) is 0 Å². The second kappa shape index (κ2) is 2.35. The van der Waals surface area contributed by atoms with Gasteiger partial charge in [0.05, 0.1) is 0 Å². The topological polar surface area (TPSA) is 43.5 Å². The fourth-order valence-corrected chi connectivity index (χ4v) is 0.481. The summed E-state index contributed by atoms with van der Waals surface area (Å²) in [7, 11) is 0. The van der Waals surface area contributed by atoms with Crippen LogP contribution in [0.25, 0.3) is 0 Å². The van der Waals surface area contributed by atoms with E-state index in [2.05, 4.69) is 9.98 Å². The van der Waals surface area contributed by atoms with Crippen LogP contribution in [0.2, 0.25) is 0 Å². The number of rotatable bonds is 1. The molecule has 0 aromatic heterocycles. The van der Waals surface area contributed by atoms with Gasteiger partial charge in [0.2, 0.25) is 5.78 Å². The molecule has 1 aliphatic heterocycles. The predicted octanol–water partition coefficient (Wildman–Crippen LogP) is -0.0922. The highest BCUT2D eigenvalue weighted by molar-refractivity contribution is 6.38. The Kier molecular flexibility index (Phi) is 1.53. The summed E-state index contributed by atoms with van der Waals surface area (Å²) < 4.78 is 0. The van der Waals surface area contributed by atoms with Crippen molar-refractivity contribution in [3.05, 3.63) is 12.3 Å². The lowest BCUT2D eigenvalue weighted by molar-refractivity contribution is -0.111. The van der Waals surface area contributed by atoms with E-state index in [0.717, 1.165) is 0 Å². The number of nitrogens with zero attached hydrogens (tertiary/aromatic N) is 2. The molecule has 0 fully saturated rings. The molecule has 0 amide bonds. The molecule has 1 heterocycles. The standard InChI is InChI=1S/C6H6N2O/c1-5(9)6-7-3-2-4-8-6/h2-4H,1H3/q+1. The SMILES string of the molecule is CC(=O)C1=NC=CC=[N+]1. The molecular formula is C6H6N2O+. The fraction of sp³-hybridized carbons (Fsp3) is 0.167. The minimum atomic E-state index is -0.101. The zero-order valence-corrected chi connectivity index (χ0v) is 5.03. The van der Waals surface area contributed by atoms with Crippen LogP contribution in [-0.2, 0) is 4.79 Å². The van der Waals surface area contributed by atoms with Crippen LogP contribution in [0.4, 0.5) is 0 Å². The Balaban J connectivity index is 2.84. The highest BCUT2D eigenvalue weighted by Crippen LogP contribution is 1.82. The Hall–Kier alpha value is -1.25. The lowest BCUT2D eigenvalue weighted by Crippen LogP contribution is -2.17. The quantitative estimate of drug-likeness (QED) is 0.479. The molecule has 1 rings (SSSR count). The summed E-state index contributed by atoms with van der Waals surface area (Å²) in [6, 6.07) is 0. The molecule has 45 valence electrons. The Morgan fingerprint density at radius 2 is 2.56 bits per heavy atom. The van der Waals surface area contributed by atoms with E-state index >= 15 is 0 Å². The molecule has 0 aliphatic carbocycles. The summed E-state index contributed by atoms with van der Waals surface area (Å²) in [5.41, 5.74) is 0. The first kappa shape index (κ1) is 5.88. The lowest BCUT2D eigenvalue weighted by Gasteiger charge is -1.79. The molecule has 0 spiro atoms. The summed E-state index contributed by atoms with van der Waals surface area (Å²) in [6.07, 6.45) is 4.76. The largest absolute Gasteiger partial charge is 0.407 e. The highest BCUT2D eigenvalue weighted by Gasteiger charge is 2.14. The van der Waals surface area contributed by atoms with Gasteiger partial charge in [-0.25, -0.2) is 0 Å². The van der Waals surface area contributed by atoms with E-state index in [0.29, 0.717) is 0 Å². The Morgan fingerprint density at radius 1 is 1.78 bits per heavy atom. The van der Waals surface area contributed by atoms with Crippen LogP contribution in [-0.4, -0.2) is 17.8 Å². The first-order valence-electron chi connectivity index (χ1n) is 2.58. The van der Waals surface area contributed by atoms with E-state index in [1.165, 1.54) is 6.92 Å². The third-order valence-electron chi connectivity index (χ3n) is 0.881. The van der Waals surface area contributed by atoms with Gasteiger partial charge in [-0.15, -0.1) is 0 Å². The van der Waals surface area contributed by atoms with E-state index in [1.54, 1.807) is 18.5 Å². The van der Waals surface area contributed by atoms with Crippen molar-refractivity contribution >= 4 is 17.8 Å². The number of Topliss-reactive ketones (excluding diaryl/α,β-unsaturated/α-hetero) is 1. The van der Waals surface area contributed by atoms with Crippen LogP contribution >= 0.6 is 0 Å². The van der Waals surface area contributed by atoms with E-state index < -0.39 is 0 Å². The minimum Gasteiger partial charge on any atom is -0.286 e. The van der Waals surface area contributed by atoms with E-state index in [4.69, 9.17) is 0 Å². The predicted molar refractivity (Wildman–Crippen MR) is 35.5 cm³/mol. The molecule has 0 aromatic rings. The van der Waals surface area contributed by atoms with Gasteiger partial charge in [-0.05, 0) is 9.98 Å². The maximum absolute atomic E-state index is 10.5. The average molecular weight is 122 g/mol. The monoisotopic (exact) mass is 122 g/mol. The van der Waals surface area contributed by atoms with Gasteiger partial charge < -0.3 is 0 Å². The smallest absolute Gasteiger partial charge is 0.286 e. The van der Waals surface area contributed by atoms with Crippen LogP contribution in [0.15, 0.2) is 17.3 Å². The van der Waals surface area contributed by atoms with E-state index in [9.17, 15) is 4.79 Å². The van der Waals surface area contributed by atoms with Crippen molar-refractivity contribution in [3.63, 3.8) is 0 Å². The molecule has 1 radical (unpaired) electrons. The second-order valence-electron chi connectivity index (χ2n) is 1.63. The van der Waals surface area contributed by atoms with E-state index in [-0.39, 0.29) is 11.6 Å². The van der Waals surface area contributed by atoms with Crippen molar-refractivity contribution in [1.82, 2.24) is 4.99 Å². The molecule has 0 saturated carbocycles. The lowest BCUT2D eigenvalue weighted by atomic mass is 10.4. The summed E-state index contributed by atoms with van der Waals surface area (Å²) in [5.74, 6) is 0.174. The van der Waals surface area contributed by atoms with Crippen LogP contribution in [0.5, 0.6) is 0 Å². The fourth-order valence-electron chi connectivity index (χ4n) is 0.481. The Bertz CT molecular complexity index is 213. The summed E-state index contributed by atoms with van der Waals surface area (Å²) >= 11 is 0. The van der Waals surface area contributed by atoms with Gasteiger partial charge in [0.1, 0.15) is 12.4 Å². The molecule has 3 nitrogen and oxygen atoms in total. The first-order chi connectivity index (χ1) is 4.30. The molecule has 0 bridgehead atoms. The van der Waals surface area contributed by atoms with Crippen LogP contribution in [0.1, 0.15) is 6.92 Å². The van der Waals surface area contributed by atoms with Crippen molar-refractivity contribution in [3.8, 4) is 0 Å². The van der Waals surface area contributed by atoms with Gasteiger partial charge in [-0.3, -0.25) is 4.79 Å². The van der Waals surface area contributed by atoms with Crippen molar-refractivity contribution in [2.24, 2.45) is 4.99 Å². The molecular weight excluding hydrogens is 116 g/mol. The van der Waals surface area contributed by atoms with Gasteiger partial charge in [0.25, 0.3) is 0 Å². The van der Waals surface area contributed by atoms with Gasteiger partial charge in [0, 0.05) is 13.0 Å². The molecule has 0 saturated heterocycles. The van der Waals surface area contributed by atoms with Crippen LogP contribution in [0, 0.1) is 0 Å². The van der Waals surface area contributed by atoms with E-state index in [1.807, 2.05) is 0 Å². The number of hydrogen-bond donors (Lipinski definition) is 0.